The maximum atomic E-state index is 10.2. The van der Waals surface area contributed by atoms with Crippen LogP contribution in [0.2, 0.25) is 0 Å². The number of rotatable bonds is 1. The second-order valence-corrected chi connectivity index (χ2v) is 1.11. The molecule has 2 heteroatoms. The summed E-state index contributed by atoms with van der Waals surface area (Å²) >= 11 is 0. The number of carbonyl (C=O) groups is 1. The SMILES string of the molecule is CC=CC(=O)NC. The highest BCUT2D eigenvalue weighted by Crippen LogP contribution is 1.66. The van der Waals surface area contributed by atoms with E-state index in [1.54, 1.807) is 20.0 Å². The highest BCUT2D eigenvalue weighted by molar-refractivity contribution is 5.86. The topological polar surface area (TPSA) is 29.1 Å². The third-order valence-electron chi connectivity index (χ3n) is 0.564. The van der Waals surface area contributed by atoms with E-state index >= 15 is 0 Å². The van der Waals surface area contributed by atoms with E-state index in [1.807, 2.05) is 0 Å². The molecule has 0 aliphatic carbocycles. The second kappa shape index (κ2) is 3.40. The van der Waals surface area contributed by atoms with Crippen LogP contribution in [0.25, 0.3) is 0 Å². The lowest BCUT2D eigenvalue weighted by Crippen LogP contribution is -2.13. The van der Waals surface area contributed by atoms with Crippen LogP contribution in [0, 0.1) is 0 Å². The predicted molar refractivity (Wildman–Crippen MR) is 28.9 cm³/mol. The standard InChI is InChI=1S/C5H9NO/c1-3-4-5(7)6-2/h3-4H,1-2H3,(H,6,7). The Balaban J connectivity index is 3.37. The van der Waals surface area contributed by atoms with Gasteiger partial charge in [0.25, 0.3) is 0 Å². The number of likely N-dealkylation sites (N-methyl/N-ethyl adjacent to an activating group) is 1. The maximum Gasteiger partial charge on any atom is 0.243 e. The van der Waals surface area contributed by atoms with Crippen LogP contribution in [0.3, 0.4) is 0 Å². The van der Waals surface area contributed by atoms with Crippen molar-refractivity contribution in [2.24, 2.45) is 0 Å². The van der Waals surface area contributed by atoms with Crippen molar-refractivity contribution in [2.75, 3.05) is 7.05 Å². The molecular formula is C5H9NO. The fraction of sp³-hybridized carbons (Fsp3) is 0.400. The van der Waals surface area contributed by atoms with Crippen LogP contribution in [-0.4, -0.2) is 13.0 Å². The van der Waals surface area contributed by atoms with Crippen molar-refractivity contribution in [2.45, 2.75) is 6.92 Å². The highest BCUT2D eigenvalue weighted by atomic mass is 16.1. The molecule has 0 saturated heterocycles. The lowest BCUT2D eigenvalue weighted by Gasteiger charge is -1.84. The van der Waals surface area contributed by atoms with E-state index in [2.05, 4.69) is 5.32 Å². The van der Waals surface area contributed by atoms with Crippen molar-refractivity contribution < 1.29 is 4.79 Å². The summed E-state index contributed by atoms with van der Waals surface area (Å²) < 4.78 is 0. The van der Waals surface area contributed by atoms with Gasteiger partial charge in [0, 0.05) is 7.05 Å². The number of hydrogen-bond acceptors (Lipinski definition) is 1. The third-order valence-corrected chi connectivity index (χ3v) is 0.564. The molecule has 1 amide bonds. The summed E-state index contributed by atoms with van der Waals surface area (Å²) in [4.78, 5) is 10.2. The molecule has 0 aliphatic rings. The van der Waals surface area contributed by atoms with Crippen LogP contribution in [-0.2, 0) is 4.79 Å². The van der Waals surface area contributed by atoms with Crippen molar-refractivity contribution in [3.8, 4) is 0 Å². The molecule has 0 spiro atoms. The average molecular weight is 99.1 g/mol. The van der Waals surface area contributed by atoms with Crippen molar-refractivity contribution in [3.05, 3.63) is 12.2 Å². The Labute approximate surface area is 43.2 Å². The maximum absolute atomic E-state index is 10.2. The Kier molecular flexibility index (Phi) is 3.02. The molecular weight excluding hydrogens is 90.1 g/mol. The van der Waals surface area contributed by atoms with Gasteiger partial charge in [-0.25, -0.2) is 0 Å². The molecule has 0 bridgehead atoms. The lowest BCUT2D eigenvalue weighted by molar-refractivity contribution is -0.116. The van der Waals surface area contributed by atoms with E-state index < -0.39 is 0 Å². The van der Waals surface area contributed by atoms with Gasteiger partial charge in [-0.1, -0.05) is 6.08 Å². The minimum Gasteiger partial charge on any atom is -0.356 e. The zero-order valence-corrected chi connectivity index (χ0v) is 4.56. The van der Waals surface area contributed by atoms with E-state index in [9.17, 15) is 4.79 Å². The highest BCUT2D eigenvalue weighted by Gasteiger charge is 1.81. The molecule has 0 aromatic heterocycles. The van der Waals surface area contributed by atoms with Gasteiger partial charge < -0.3 is 5.32 Å². The molecule has 0 radical (unpaired) electrons. The molecule has 0 heterocycles. The largest absolute Gasteiger partial charge is 0.356 e. The van der Waals surface area contributed by atoms with Crippen LogP contribution in [0.15, 0.2) is 12.2 Å². The van der Waals surface area contributed by atoms with E-state index in [0.29, 0.717) is 0 Å². The average Bonchev–Trinajstić information content (AvgIpc) is 1.68. The van der Waals surface area contributed by atoms with Crippen molar-refractivity contribution >= 4 is 5.91 Å². The summed E-state index contributed by atoms with van der Waals surface area (Å²) in [5.41, 5.74) is 0. The molecule has 1 N–H and O–H groups in total. The lowest BCUT2D eigenvalue weighted by atomic mass is 10.5. The molecule has 40 valence electrons. The summed E-state index contributed by atoms with van der Waals surface area (Å²) in [6.45, 7) is 1.80. The molecule has 0 atom stereocenters. The molecule has 0 aromatic carbocycles. The van der Waals surface area contributed by atoms with Crippen molar-refractivity contribution in [1.29, 1.82) is 0 Å². The minimum absolute atomic E-state index is 0.0532. The Morgan fingerprint density at radius 2 is 2.29 bits per heavy atom. The van der Waals surface area contributed by atoms with Gasteiger partial charge in [0.2, 0.25) is 5.91 Å². The van der Waals surface area contributed by atoms with Crippen LogP contribution in [0.4, 0.5) is 0 Å². The van der Waals surface area contributed by atoms with Crippen LogP contribution in [0.1, 0.15) is 6.92 Å². The number of nitrogens with one attached hydrogen (secondary N) is 1. The fourth-order valence-corrected chi connectivity index (χ4v) is 0.235. The Morgan fingerprint density at radius 3 is 2.43 bits per heavy atom. The third kappa shape index (κ3) is 3.03. The number of hydrogen-bond donors (Lipinski definition) is 1. The quantitative estimate of drug-likeness (QED) is 0.471. The molecule has 0 unspecified atom stereocenters. The summed E-state index contributed by atoms with van der Waals surface area (Å²) in [6.07, 6.45) is 3.17. The molecule has 0 saturated carbocycles. The zero-order chi connectivity index (χ0) is 5.70. The van der Waals surface area contributed by atoms with Gasteiger partial charge in [-0.2, -0.15) is 0 Å². The van der Waals surface area contributed by atoms with Gasteiger partial charge >= 0.3 is 0 Å². The molecule has 0 aliphatic heterocycles. The smallest absolute Gasteiger partial charge is 0.243 e. The van der Waals surface area contributed by atoms with E-state index in [0.717, 1.165) is 0 Å². The first-order valence-corrected chi connectivity index (χ1v) is 2.15. The minimum atomic E-state index is -0.0532. The molecule has 7 heavy (non-hydrogen) atoms. The summed E-state index contributed by atoms with van der Waals surface area (Å²) in [5, 5.41) is 2.44. The first-order chi connectivity index (χ1) is 3.31. The Bertz CT molecular complexity index is 86.1. The van der Waals surface area contributed by atoms with Gasteiger partial charge in [0.05, 0.1) is 0 Å². The summed E-state index contributed by atoms with van der Waals surface area (Å²) in [5.74, 6) is -0.0532. The van der Waals surface area contributed by atoms with Crippen LogP contribution in [0.5, 0.6) is 0 Å². The predicted octanol–water partition coefficient (Wildman–Crippen LogP) is 0.309. The van der Waals surface area contributed by atoms with Crippen LogP contribution >= 0.6 is 0 Å². The summed E-state index contributed by atoms with van der Waals surface area (Å²) in [6, 6.07) is 0. The van der Waals surface area contributed by atoms with Gasteiger partial charge in [-0.15, -0.1) is 0 Å². The van der Waals surface area contributed by atoms with Gasteiger partial charge in [0.1, 0.15) is 0 Å². The normalized spacial score (nSPS) is 9.43. The van der Waals surface area contributed by atoms with E-state index in [1.165, 1.54) is 6.08 Å². The number of amides is 1. The van der Waals surface area contributed by atoms with Crippen molar-refractivity contribution in [3.63, 3.8) is 0 Å². The monoisotopic (exact) mass is 99.1 g/mol. The van der Waals surface area contributed by atoms with Gasteiger partial charge in [-0.05, 0) is 13.0 Å². The second-order valence-electron chi connectivity index (χ2n) is 1.11. The first-order valence-electron chi connectivity index (χ1n) is 2.15. The van der Waals surface area contributed by atoms with E-state index in [4.69, 9.17) is 0 Å². The molecule has 0 aromatic rings. The molecule has 2 nitrogen and oxygen atoms in total. The van der Waals surface area contributed by atoms with Gasteiger partial charge in [-0.3, -0.25) is 4.79 Å². The molecule has 0 fully saturated rings. The molecule has 0 rings (SSSR count). The van der Waals surface area contributed by atoms with Crippen molar-refractivity contribution in [1.82, 2.24) is 5.32 Å². The van der Waals surface area contributed by atoms with Crippen LogP contribution < -0.4 is 5.32 Å². The fourth-order valence-electron chi connectivity index (χ4n) is 0.235. The Morgan fingerprint density at radius 1 is 1.71 bits per heavy atom. The van der Waals surface area contributed by atoms with E-state index in [-0.39, 0.29) is 5.91 Å². The zero-order valence-electron chi connectivity index (χ0n) is 4.56. The number of allylic oxidation sites excluding steroid dienone is 1. The summed E-state index contributed by atoms with van der Waals surface area (Å²) in [7, 11) is 1.60. The Hall–Kier alpha value is -0.790. The number of carbonyl (C=O) groups excluding carboxylic acids is 1. The van der Waals surface area contributed by atoms with Gasteiger partial charge in [0.15, 0.2) is 0 Å². The first kappa shape index (κ1) is 6.21.